The third-order valence-electron chi connectivity index (χ3n) is 13.3. The molecule has 3 aromatic heterocycles. The molecule has 0 spiro atoms. The zero-order chi connectivity index (χ0) is 42.6. The average molecular weight is 832 g/mol. The zero-order valence-electron chi connectivity index (χ0n) is 35.0. The van der Waals surface area contributed by atoms with Gasteiger partial charge in [0.2, 0.25) is 0 Å². The Hall–Kier alpha value is -8.74. The van der Waals surface area contributed by atoms with Gasteiger partial charge in [0, 0.05) is 43.6 Å². The molecule has 65 heavy (non-hydrogen) atoms. The Balaban J connectivity index is 1.07. The van der Waals surface area contributed by atoms with Crippen molar-refractivity contribution in [1.82, 2.24) is 14.5 Å². The Labute approximate surface area is 372 Å². The molecule has 1 N–H and O–H groups in total. The smallest absolute Gasteiger partial charge is 0.159 e. The molecule has 1 unspecified atom stereocenters. The molecule has 0 saturated heterocycles. The summed E-state index contributed by atoms with van der Waals surface area (Å²) in [4.78, 5) is 11.0. The molecule has 1 aliphatic heterocycles. The van der Waals surface area contributed by atoms with Crippen molar-refractivity contribution in [1.29, 1.82) is 0 Å². The van der Waals surface area contributed by atoms with Crippen molar-refractivity contribution < 1.29 is 4.42 Å². The van der Waals surface area contributed by atoms with Gasteiger partial charge in [0.05, 0.1) is 33.3 Å². The van der Waals surface area contributed by atoms with Crippen molar-refractivity contribution in [3.8, 4) is 11.4 Å². The molecule has 0 radical (unpaired) electrons. The third kappa shape index (κ3) is 5.47. The largest absolute Gasteiger partial charge is 0.455 e. The quantitative estimate of drug-likeness (QED) is 0.188. The first-order valence-corrected chi connectivity index (χ1v) is 22.1. The molecule has 1 aliphatic rings. The number of aromatic nitrogens is 2. The predicted octanol–water partition coefficient (Wildman–Crippen LogP) is 14.6. The van der Waals surface area contributed by atoms with E-state index in [1.807, 2.05) is 18.2 Å². The van der Waals surface area contributed by atoms with Gasteiger partial charge in [-0.05, 0) is 93.8 Å². The number of amidine groups is 2. The highest BCUT2D eigenvalue weighted by Gasteiger charge is 2.29. The number of hydrogen-bond donors (Lipinski definition) is 1. The van der Waals surface area contributed by atoms with E-state index in [0.717, 1.165) is 72.1 Å². The highest BCUT2D eigenvalue weighted by Crippen LogP contribution is 2.42. The molecule has 0 saturated carbocycles. The number of aliphatic imine (C=N–C) groups is 2. The second-order valence-corrected chi connectivity index (χ2v) is 17.0. The fraction of sp³-hybridized carbons (Fsp3) is 0.0169. The van der Waals surface area contributed by atoms with E-state index >= 15 is 0 Å². The molecule has 10 aromatic carbocycles. The molecule has 304 valence electrons. The lowest BCUT2D eigenvalue weighted by Crippen LogP contribution is -2.34. The number of para-hydroxylation sites is 3. The minimum atomic E-state index is -0.437. The van der Waals surface area contributed by atoms with Crippen LogP contribution >= 0.6 is 0 Å². The number of fused-ring (bicyclic) bond motifs is 11. The number of nitrogens with zero attached hydrogens (tertiary/aromatic N) is 4. The zero-order valence-corrected chi connectivity index (χ0v) is 35.0. The fourth-order valence-electron chi connectivity index (χ4n) is 10.3. The van der Waals surface area contributed by atoms with Crippen molar-refractivity contribution in [3.05, 3.63) is 229 Å². The minimum absolute atomic E-state index is 0.437. The molecule has 0 fully saturated rings. The Morgan fingerprint density at radius 2 is 1.00 bits per heavy atom. The summed E-state index contributed by atoms with van der Waals surface area (Å²) in [6, 6.07) is 75.7. The van der Waals surface area contributed by atoms with Crippen LogP contribution in [0.15, 0.2) is 227 Å². The lowest BCUT2D eigenvalue weighted by atomic mass is 10.0. The molecule has 6 heteroatoms. The van der Waals surface area contributed by atoms with Crippen LogP contribution in [0.2, 0.25) is 0 Å². The third-order valence-corrected chi connectivity index (χ3v) is 13.3. The summed E-state index contributed by atoms with van der Waals surface area (Å²) >= 11 is 0. The summed E-state index contributed by atoms with van der Waals surface area (Å²) in [5, 5.41) is 15.4. The van der Waals surface area contributed by atoms with Gasteiger partial charge in [0.1, 0.15) is 23.2 Å². The van der Waals surface area contributed by atoms with Crippen LogP contribution in [0, 0.1) is 0 Å². The van der Waals surface area contributed by atoms with Crippen LogP contribution in [0.25, 0.3) is 98.5 Å². The van der Waals surface area contributed by atoms with Crippen LogP contribution in [-0.4, -0.2) is 20.8 Å². The van der Waals surface area contributed by atoms with Gasteiger partial charge in [-0.2, -0.15) is 0 Å². The van der Waals surface area contributed by atoms with E-state index in [1.165, 1.54) is 43.1 Å². The number of hydrogen-bond acceptors (Lipinski definition) is 4. The fourth-order valence-corrected chi connectivity index (χ4v) is 10.3. The lowest BCUT2D eigenvalue weighted by molar-refractivity contribution is 0.659. The first kappa shape index (κ1) is 35.8. The van der Waals surface area contributed by atoms with E-state index in [4.69, 9.17) is 14.4 Å². The average Bonchev–Trinajstić information content (AvgIpc) is 4.02. The molecule has 0 bridgehead atoms. The molecule has 4 heterocycles. The van der Waals surface area contributed by atoms with Gasteiger partial charge in [0.15, 0.2) is 5.84 Å². The maximum Gasteiger partial charge on any atom is 0.159 e. The summed E-state index contributed by atoms with van der Waals surface area (Å²) in [6.45, 7) is 0. The molecule has 1 atom stereocenters. The van der Waals surface area contributed by atoms with Crippen molar-refractivity contribution in [2.24, 2.45) is 9.98 Å². The van der Waals surface area contributed by atoms with Crippen LogP contribution < -0.4 is 5.32 Å². The van der Waals surface area contributed by atoms with E-state index in [0.29, 0.717) is 11.7 Å². The maximum absolute atomic E-state index is 7.00. The Bertz CT molecular complexity index is 4060. The summed E-state index contributed by atoms with van der Waals surface area (Å²) in [5.41, 5.74) is 10.9. The van der Waals surface area contributed by atoms with Crippen LogP contribution in [0.3, 0.4) is 0 Å². The molecule has 0 amide bonds. The van der Waals surface area contributed by atoms with Gasteiger partial charge in [-0.25, -0.2) is 9.98 Å². The van der Waals surface area contributed by atoms with Crippen LogP contribution in [0.1, 0.15) is 22.9 Å². The highest BCUT2D eigenvalue weighted by molar-refractivity contribution is 6.24. The van der Waals surface area contributed by atoms with Gasteiger partial charge in [0.25, 0.3) is 0 Å². The predicted molar refractivity (Wildman–Crippen MR) is 269 cm³/mol. The van der Waals surface area contributed by atoms with Crippen LogP contribution in [-0.2, 0) is 0 Å². The molecule has 14 rings (SSSR count). The summed E-state index contributed by atoms with van der Waals surface area (Å²) in [6.07, 6.45) is -0.437. The topological polar surface area (TPSA) is 59.8 Å². The molecular weight excluding hydrogens is 795 g/mol. The second-order valence-electron chi connectivity index (χ2n) is 17.0. The van der Waals surface area contributed by atoms with Crippen LogP contribution in [0.4, 0.5) is 0 Å². The number of benzene rings is 10. The highest BCUT2D eigenvalue weighted by atomic mass is 16.3. The van der Waals surface area contributed by atoms with Gasteiger partial charge in [-0.1, -0.05) is 146 Å². The summed E-state index contributed by atoms with van der Waals surface area (Å²) < 4.78 is 11.8. The Morgan fingerprint density at radius 1 is 0.431 bits per heavy atom. The Morgan fingerprint density at radius 3 is 1.72 bits per heavy atom. The van der Waals surface area contributed by atoms with E-state index in [1.54, 1.807) is 0 Å². The van der Waals surface area contributed by atoms with Crippen molar-refractivity contribution in [3.63, 3.8) is 0 Å². The molecule has 13 aromatic rings. The van der Waals surface area contributed by atoms with Crippen molar-refractivity contribution in [2.75, 3.05) is 0 Å². The maximum atomic E-state index is 7.00. The van der Waals surface area contributed by atoms with Crippen molar-refractivity contribution in [2.45, 2.75) is 6.17 Å². The van der Waals surface area contributed by atoms with Gasteiger partial charge in [-0.3, -0.25) is 0 Å². The van der Waals surface area contributed by atoms with E-state index in [-0.39, 0.29) is 0 Å². The SMILES string of the molecule is c1ccc(C2N=C(c3ccc4c5ccccc5n(-c5ccccc5)c4c3)N=C(c3c(-n4c5cc6ccccc6cc5c5cc6ccccc6cc54)ccc4c3oc3ccccc34)N2)cc1. The van der Waals surface area contributed by atoms with Gasteiger partial charge >= 0.3 is 0 Å². The lowest BCUT2D eigenvalue weighted by Gasteiger charge is -2.25. The molecule has 0 aliphatic carbocycles. The molecular formula is C59H37N5O. The van der Waals surface area contributed by atoms with Gasteiger partial charge in [-0.15, -0.1) is 0 Å². The minimum Gasteiger partial charge on any atom is -0.455 e. The standard InChI is InChI=1S/C59H37N5O/c1-3-15-36(16-4-1)57-60-58(41-27-28-44-43-23-11-13-25-49(43)63(51(44)35-41)42-21-5-2-6-22-42)62-59(61-57)55-50(30-29-46-45-24-12-14-26-54(45)65-56(46)55)64-52-33-39-19-9-7-17-37(39)31-47(52)48-32-38-18-8-10-20-40(38)34-53(48)64/h1-35,57H,(H,60,61,62). The number of furan rings is 1. The normalized spacial score (nSPS) is 14.3. The summed E-state index contributed by atoms with van der Waals surface area (Å²) in [7, 11) is 0. The first-order valence-electron chi connectivity index (χ1n) is 22.1. The van der Waals surface area contributed by atoms with E-state index in [9.17, 15) is 0 Å². The monoisotopic (exact) mass is 831 g/mol. The van der Waals surface area contributed by atoms with Crippen molar-refractivity contribution >= 4 is 98.8 Å². The first-order chi connectivity index (χ1) is 32.2. The van der Waals surface area contributed by atoms with E-state index in [2.05, 4.69) is 209 Å². The number of rotatable bonds is 5. The Kier molecular flexibility index (Phi) is 7.65. The van der Waals surface area contributed by atoms with Crippen LogP contribution in [0.5, 0.6) is 0 Å². The number of nitrogens with one attached hydrogen (secondary N) is 1. The summed E-state index contributed by atoms with van der Waals surface area (Å²) in [5.74, 6) is 1.32. The molecule has 6 nitrogen and oxygen atoms in total. The van der Waals surface area contributed by atoms with Gasteiger partial charge < -0.3 is 18.9 Å². The second kappa shape index (κ2) is 13.9. The van der Waals surface area contributed by atoms with E-state index < -0.39 is 6.17 Å².